The second-order valence-electron chi connectivity index (χ2n) is 9.10. The Morgan fingerprint density at radius 3 is 1.71 bits per heavy atom. The molecule has 0 amide bonds. The van der Waals surface area contributed by atoms with Gasteiger partial charge in [0.15, 0.2) is 6.61 Å². The molecule has 0 aliphatic rings. The van der Waals surface area contributed by atoms with Crippen LogP contribution >= 0.6 is 0 Å². The van der Waals surface area contributed by atoms with Crippen LogP contribution in [-0.4, -0.2) is 49.0 Å². The van der Waals surface area contributed by atoms with Gasteiger partial charge >= 0.3 is 35.8 Å². The van der Waals surface area contributed by atoms with Crippen molar-refractivity contribution < 1.29 is 67.3 Å². The first-order valence-corrected chi connectivity index (χ1v) is 12.0. The first kappa shape index (κ1) is 33.9. The van der Waals surface area contributed by atoms with Gasteiger partial charge in [-0.1, -0.05) is 20.3 Å². The molecule has 2 aromatic rings. The van der Waals surface area contributed by atoms with E-state index in [2.05, 4.69) is 18.6 Å². The van der Waals surface area contributed by atoms with Gasteiger partial charge in [-0.15, -0.1) is 0 Å². The van der Waals surface area contributed by atoms with Gasteiger partial charge in [-0.2, -0.15) is 48.3 Å². The Balaban J connectivity index is 1.97. The Labute approximate surface area is 227 Å². The van der Waals surface area contributed by atoms with Crippen LogP contribution in [0.1, 0.15) is 43.5 Å². The SMILES string of the molecule is CC[C@H](C)CCCOc1ccc(C(=O)Oc2ccc(OCC(F)(F)C(F)(F)C(F)(F)C(F)(F)C(F)(F)F)cc2)cc1. The lowest BCUT2D eigenvalue weighted by molar-refractivity contribution is -0.423. The Morgan fingerprint density at radius 1 is 0.707 bits per heavy atom. The van der Waals surface area contributed by atoms with E-state index < -0.39 is 48.2 Å². The molecule has 0 aliphatic heterocycles. The number of halogens is 11. The van der Waals surface area contributed by atoms with E-state index in [0.717, 1.165) is 43.5 Å². The highest BCUT2D eigenvalue weighted by Crippen LogP contribution is 2.57. The topological polar surface area (TPSA) is 44.8 Å². The van der Waals surface area contributed by atoms with Crippen molar-refractivity contribution in [1.82, 2.24) is 0 Å². The van der Waals surface area contributed by atoms with Gasteiger partial charge in [0.1, 0.15) is 17.2 Å². The number of esters is 1. The predicted molar refractivity (Wildman–Crippen MR) is 123 cm³/mol. The van der Waals surface area contributed by atoms with Gasteiger partial charge in [0.2, 0.25) is 0 Å². The fraction of sp³-hybridized carbons (Fsp3) is 0.500. The number of carbonyl (C=O) groups is 1. The highest BCUT2D eigenvalue weighted by molar-refractivity contribution is 5.91. The standard InChI is InChI=1S/C26H25F11O4/c1-3-16(2)5-4-14-39-18-8-6-17(7-9-18)21(38)41-20-12-10-19(11-13-20)40-15-22(27,28)23(29,30)24(31,32)25(33,34)26(35,36)37/h6-13,16H,3-5,14-15H2,1-2H3/t16-/m0/s1. The van der Waals surface area contributed by atoms with Gasteiger partial charge in [-0.3, -0.25) is 0 Å². The van der Waals surface area contributed by atoms with Crippen LogP contribution < -0.4 is 14.2 Å². The second-order valence-corrected chi connectivity index (χ2v) is 9.10. The maximum absolute atomic E-state index is 13.8. The summed E-state index contributed by atoms with van der Waals surface area (Å²) in [7, 11) is 0. The van der Waals surface area contributed by atoms with Gasteiger partial charge in [-0.25, -0.2) is 4.79 Å². The summed E-state index contributed by atoms with van der Waals surface area (Å²) >= 11 is 0. The molecule has 0 radical (unpaired) electrons. The summed E-state index contributed by atoms with van der Waals surface area (Å²) in [5.41, 5.74) is 0.0933. The third-order valence-electron chi connectivity index (χ3n) is 5.96. The zero-order valence-electron chi connectivity index (χ0n) is 21.5. The van der Waals surface area contributed by atoms with Crippen LogP contribution in [0.3, 0.4) is 0 Å². The molecule has 15 heteroatoms. The van der Waals surface area contributed by atoms with Gasteiger partial charge in [-0.05, 0) is 67.3 Å². The smallest absolute Gasteiger partial charge is 0.460 e. The molecule has 0 unspecified atom stereocenters. The number of hydrogen-bond donors (Lipinski definition) is 0. The molecule has 230 valence electrons. The van der Waals surface area contributed by atoms with Gasteiger partial charge < -0.3 is 14.2 Å². The molecule has 0 spiro atoms. The van der Waals surface area contributed by atoms with E-state index in [1.54, 1.807) is 0 Å². The minimum Gasteiger partial charge on any atom is -0.494 e. The van der Waals surface area contributed by atoms with Crippen molar-refractivity contribution in [2.45, 2.75) is 63.0 Å². The maximum Gasteiger partial charge on any atom is 0.460 e. The van der Waals surface area contributed by atoms with E-state index in [4.69, 9.17) is 9.47 Å². The number of benzene rings is 2. The van der Waals surface area contributed by atoms with Crippen molar-refractivity contribution >= 4 is 5.97 Å². The predicted octanol–water partition coefficient (Wildman–Crippen LogP) is 8.59. The zero-order chi connectivity index (χ0) is 31.3. The fourth-order valence-corrected chi connectivity index (χ4v) is 3.15. The van der Waals surface area contributed by atoms with Crippen molar-refractivity contribution in [1.29, 1.82) is 0 Å². The van der Waals surface area contributed by atoms with Crippen molar-refractivity contribution in [3.63, 3.8) is 0 Å². The molecule has 0 bridgehead atoms. The van der Waals surface area contributed by atoms with Gasteiger partial charge in [0, 0.05) is 0 Å². The summed E-state index contributed by atoms with van der Waals surface area (Å²) in [4.78, 5) is 12.3. The highest BCUT2D eigenvalue weighted by Gasteiger charge is 2.87. The number of rotatable bonds is 14. The number of hydrogen-bond acceptors (Lipinski definition) is 4. The maximum atomic E-state index is 13.8. The van der Waals surface area contributed by atoms with Crippen molar-refractivity contribution in [3.05, 3.63) is 54.1 Å². The molecule has 0 aliphatic carbocycles. The molecule has 41 heavy (non-hydrogen) atoms. The van der Waals surface area contributed by atoms with E-state index in [0.29, 0.717) is 18.3 Å². The zero-order valence-corrected chi connectivity index (χ0v) is 21.5. The van der Waals surface area contributed by atoms with E-state index in [1.165, 1.54) is 24.3 Å². The van der Waals surface area contributed by atoms with E-state index in [-0.39, 0.29) is 11.3 Å². The lowest BCUT2D eigenvalue weighted by Gasteiger charge is -2.37. The summed E-state index contributed by atoms with van der Waals surface area (Å²) in [6.07, 6.45) is -4.34. The number of alkyl halides is 11. The first-order chi connectivity index (χ1) is 18.8. The minimum absolute atomic E-state index is 0.0933. The molecule has 0 saturated carbocycles. The third-order valence-corrected chi connectivity index (χ3v) is 5.96. The Hall–Kier alpha value is -3.26. The normalized spacial score (nSPS) is 14.0. The lowest BCUT2D eigenvalue weighted by Crippen LogP contribution is -2.67. The van der Waals surface area contributed by atoms with E-state index in [1.807, 2.05) is 0 Å². The van der Waals surface area contributed by atoms with Crippen LogP contribution in [0.4, 0.5) is 48.3 Å². The largest absolute Gasteiger partial charge is 0.494 e. The van der Waals surface area contributed by atoms with Crippen LogP contribution in [0.2, 0.25) is 0 Å². The quantitative estimate of drug-likeness (QED) is 0.0931. The molecule has 2 aromatic carbocycles. The number of ether oxygens (including phenoxy) is 3. The summed E-state index contributed by atoms with van der Waals surface area (Å²) < 4.78 is 159. The molecule has 0 heterocycles. The summed E-state index contributed by atoms with van der Waals surface area (Å²) in [6, 6.07) is 9.29. The van der Waals surface area contributed by atoms with Gasteiger partial charge in [0.05, 0.1) is 12.2 Å². The molecule has 1 atom stereocenters. The molecule has 2 rings (SSSR count). The summed E-state index contributed by atoms with van der Waals surface area (Å²) in [5, 5.41) is 0. The average Bonchev–Trinajstić information content (AvgIpc) is 2.89. The molecular weight excluding hydrogens is 585 g/mol. The summed E-state index contributed by atoms with van der Waals surface area (Å²) in [5.74, 6) is -29.0. The lowest BCUT2D eigenvalue weighted by atomic mass is 9.98. The molecule has 0 fully saturated rings. The average molecular weight is 610 g/mol. The minimum atomic E-state index is -7.51. The first-order valence-electron chi connectivity index (χ1n) is 12.0. The van der Waals surface area contributed by atoms with Crippen LogP contribution in [-0.2, 0) is 0 Å². The Bertz CT molecular complexity index is 1130. The van der Waals surface area contributed by atoms with Gasteiger partial charge in [0.25, 0.3) is 0 Å². The van der Waals surface area contributed by atoms with Crippen molar-refractivity contribution in [2.75, 3.05) is 13.2 Å². The van der Waals surface area contributed by atoms with E-state index >= 15 is 0 Å². The molecule has 4 nitrogen and oxygen atoms in total. The molecular formula is C26H25F11O4. The van der Waals surface area contributed by atoms with Crippen LogP contribution in [0.25, 0.3) is 0 Å². The second kappa shape index (κ2) is 12.7. The monoisotopic (exact) mass is 610 g/mol. The van der Waals surface area contributed by atoms with Crippen LogP contribution in [0, 0.1) is 5.92 Å². The van der Waals surface area contributed by atoms with Crippen LogP contribution in [0.5, 0.6) is 17.2 Å². The highest BCUT2D eigenvalue weighted by atomic mass is 19.4. The fourth-order valence-electron chi connectivity index (χ4n) is 3.15. The third kappa shape index (κ3) is 7.73. The molecule has 0 aromatic heterocycles. The Morgan fingerprint density at radius 2 is 1.20 bits per heavy atom. The van der Waals surface area contributed by atoms with E-state index in [9.17, 15) is 53.1 Å². The molecule has 0 saturated heterocycles. The molecule has 0 N–H and O–H groups in total. The summed E-state index contributed by atoms with van der Waals surface area (Å²) in [6.45, 7) is 2.01. The van der Waals surface area contributed by atoms with Crippen molar-refractivity contribution in [3.8, 4) is 17.2 Å². The van der Waals surface area contributed by atoms with Crippen LogP contribution in [0.15, 0.2) is 48.5 Å². The number of carbonyl (C=O) groups excluding carboxylic acids is 1. The van der Waals surface area contributed by atoms with Crippen molar-refractivity contribution in [2.24, 2.45) is 5.92 Å². The Kier molecular flexibility index (Phi) is 10.5.